The van der Waals surface area contributed by atoms with Gasteiger partial charge < -0.3 is 15.1 Å². The first-order valence-electron chi connectivity index (χ1n) is 11.8. The van der Waals surface area contributed by atoms with Crippen molar-refractivity contribution in [3.05, 3.63) is 47.8 Å². The van der Waals surface area contributed by atoms with Crippen LogP contribution in [0.2, 0.25) is 5.02 Å². The van der Waals surface area contributed by atoms with E-state index in [0.717, 1.165) is 45.6 Å². The van der Waals surface area contributed by atoms with Crippen LogP contribution in [-0.2, 0) is 9.84 Å². The van der Waals surface area contributed by atoms with E-state index in [9.17, 15) is 12.8 Å². The summed E-state index contributed by atoms with van der Waals surface area (Å²) in [6.07, 6.45) is 7.43. The minimum absolute atomic E-state index is 0.00201. The number of anilines is 2. The Morgan fingerprint density at radius 3 is 2.75 bits per heavy atom. The molecule has 4 rings (SSSR count). The van der Waals surface area contributed by atoms with Crippen molar-refractivity contribution in [3.8, 4) is 0 Å². The number of aromatic nitrogens is 3. The van der Waals surface area contributed by atoms with Gasteiger partial charge in [0.05, 0.1) is 32.8 Å². The largest absolute Gasteiger partial charge is 0.340 e. The number of nitrogens with zero attached hydrogens (tertiary/aromatic N) is 6. The summed E-state index contributed by atoms with van der Waals surface area (Å²) in [6, 6.07) is 4.10. The van der Waals surface area contributed by atoms with Crippen LogP contribution in [-0.4, -0.2) is 91.5 Å². The Morgan fingerprint density at radius 2 is 1.97 bits per heavy atom. The number of likely N-dealkylation sites (N-methyl/N-ethyl adjacent to an activating group) is 1. The molecular formula is C24H29ClFN7O2S. The van der Waals surface area contributed by atoms with Gasteiger partial charge in [0.2, 0.25) is 0 Å². The number of hydrogen-bond acceptors (Lipinski definition) is 9. The maximum absolute atomic E-state index is 13.5. The van der Waals surface area contributed by atoms with Gasteiger partial charge in [-0.15, -0.1) is 0 Å². The van der Waals surface area contributed by atoms with Gasteiger partial charge in [-0.1, -0.05) is 11.6 Å². The average Bonchev–Trinajstić information content (AvgIpc) is 2.86. The van der Waals surface area contributed by atoms with E-state index in [1.165, 1.54) is 43.1 Å². The highest BCUT2D eigenvalue weighted by molar-refractivity contribution is 7.92. The van der Waals surface area contributed by atoms with Crippen LogP contribution in [0.1, 0.15) is 12.8 Å². The summed E-state index contributed by atoms with van der Waals surface area (Å²) >= 11 is 5.88. The van der Waals surface area contributed by atoms with Crippen LogP contribution in [0.3, 0.4) is 0 Å². The summed E-state index contributed by atoms with van der Waals surface area (Å²) < 4.78 is 39.9. The van der Waals surface area contributed by atoms with Crippen LogP contribution < -0.4 is 5.32 Å². The monoisotopic (exact) mass is 533 g/mol. The van der Waals surface area contributed by atoms with Gasteiger partial charge in [-0.05, 0) is 44.6 Å². The Balaban J connectivity index is 1.40. The van der Waals surface area contributed by atoms with Crippen LogP contribution in [0.15, 0.2) is 46.8 Å². The highest BCUT2D eigenvalue weighted by Gasteiger charge is 2.21. The molecule has 1 aliphatic rings. The average molecular weight is 534 g/mol. The molecule has 1 saturated heterocycles. The zero-order valence-electron chi connectivity index (χ0n) is 20.1. The third kappa shape index (κ3) is 6.73. The Bertz CT molecular complexity index is 1330. The van der Waals surface area contributed by atoms with E-state index in [1.807, 2.05) is 0 Å². The standard InChI is InChI=1S/C24H29ClFN7O2S/c1-32-9-11-33(12-10-32)8-3-2-6-27-7-13-36(34,35)22-16-28-15-21-23(22)24(30-17-29-21)31-18-4-5-20(26)19(25)14-18/h4-5,7,14-17H,2-3,6,8-13H2,1H3,(H,29,30,31). The SMILES string of the molecule is CN1CCN(CCCCN=CCS(=O)(=O)c2cncc3ncnc(Nc4ccc(F)c(Cl)c4)c23)CC1. The van der Waals surface area contributed by atoms with Gasteiger partial charge in [0.25, 0.3) is 0 Å². The first-order valence-corrected chi connectivity index (χ1v) is 13.8. The van der Waals surface area contributed by atoms with Crippen LogP contribution in [0, 0.1) is 5.82 Å². The van der Waals surface area contributed by atoms with Gasteiger partial charge in [-0.25, -0.2) is 22.8 Å². The van der Waals surface area contributed by atoms with Gasteiger partial charge in [-0.2, -0.15) is 0 Å². The molecular weight excluding hydrogens is 505 g/mol. The lowest BCUT2D eigenvalue weighted by Crippen LogP contribution is -2.44. The minimum atomic E-state index is -3.76. The minimum Gasteiger partial charge on any atom is -0.340 e. The first kappa shape index (κ1) is 26.3. The molecule has 0 atom stereocenters. The molecule has 0 spiro atoms. The van der Waals surface area contributed by atoms with E-state index in [4.69, 9.17) is 11.6 Å². The van der Waals surface area contributed by atoms with Crippen LogP contribution in [0.5, 0.6) is 0 Å². The second-order valence-electron chi connectivity index (χ2n) is 8.73. The van der Waals surface area contributed by atoms with E-state index >= 15 is 0 Å². The van der Waals surface area contributed by atoms with Crippen molar-refractivity contribution < 1.29 is 12.8 Å². The number of nitrogens with one attached hydrogen (secondary N) is 1. The van der Waals surface area contributed by atoms with E-state index < -0.39 is 15.7 Å². The van der Waals surface area contributed by atoms with Crippen LogP contribution in [0.4, 0.5) is 15.9 Å². The Labute approximate surface area is 215 Å². The van der Waals surface area contributed by atoms with Gasteiger partial charge in [0.1, 0.15) is 18.0 Å². The first-order chi connectivity index (χ1) is 17.3. The molecule has 1 aliphatic heterocycles. The number of halogens is 2. The Hall–Kier alpha value is -2.73. The molecule has 192 valence electrons. The van der Waals surface area contributed by atoms with Crippen LogP contribution >= 0.6 is 11.6 Å². The highest BCUT2D eigenvalue weighted by Crippen LogP contribution is 2.30. The molecule has 3 aromatic rings. The summed E-state index contributed by atoms with van der Waals surface area (Å²) in [7, 11) is -1.62. The topological polar surface area (TPSA) is 104 Å². The molecule has 0 unspecified atom stereocenters. The number of unbranched alkanes of at least 4 members (excludes halogenated alkanes) is 1. The van der Waals surface area contributed by atoms with Crippen molar-refractivity contribution in [2.45, 2.75) is 17.7 Å². The summed E-state index contributed by atoms with van der Waals surface area (Å²) in [5, 5.41) is 3.25. The zero-order chi connectivity index (χ0) is 25.5. The number of aliphatic imine (C=N–C) groups is 1. The lowest BCUT2D eigenvalue weighted by molar-refractivity contribution is 0.152. The number of pyridine rings is 1. The van der Waals surface area contributed by atoms with E-state index in [2.05, 4.69) is 42.1 Å². The highest BCUT2D eigenvalue weighted by atomic mass is 35.5. The molecule has 1 aromatic carbocycles. The Kier molecular flexibility index (Phi) is 8.78. The molecule has 0 amide bonds. The molecule has 12 heteroatoms. The fourth-order valence-corrected chi connectivity index (χ4v) is 5.36. The van der Waals surface area contributed by atoms with Gasteiger partial charge in [0, 0.05) is 50.8 Å². The van der Waals surface area contributed by atoms with Gasteiger partial charge >= 0.3 is 0 Å². The molecule has 1 fully saturated rings. The van der Waals surface area contributed by atoms with Gasteiger partial charge in [0.15, 0.2) is 9.84 Å². The maximum Gasteiger partial charge on any atom is 0.185 e. The number of benzene rings is 1. The second-order valence-corrected chi connectivity index (χ2v) is 11.1. The molecule has 36 heavy (non-hydrogen) atoms. The van der Waals surface area contributed by atoms with Crippen molar-refractivity contribution in [1.29, 1.82) is 0 Å². The zero-order valence-corrected chi connectivity index (χ0v) is 21.6. The number of fused-ring (bicyclic) bond motifs is 1. The number of rotatable bonds is 10. The lowest BCUT2D eigenvalue weighted by atomic mass is 10.2. The van der Waals surface area contributed by atoms with Crippen molar-refractivity contribution in [1.82, 2.24) is 24.8 Å². The fraction of sp³-hybridized carbons (Fsp3) is 0.417. The third-order valence-corrected chi connectivity index (χ3v) is 7.92. The van der Waals surface area contributed by atoms with Crippen molar-refractivity contribution in [2.75, 3.05) is 57.4 Å². The normalized spacial score (nSPS) is 15.6. The van der Waals surface area contributed by atoms with E-state index in [0.29, 0.717) is 23.1 Å². The molecule has 1 N–H and O–H groups in total. The Morgan fingerprint density at radius 1 is 1.17 bits per heavy atom. The molecule has 0 bridgehead atoms. The molecule has 3 heterocycles. The molecule has 9 nitrogen and oxygen atoms in total. The fourth-order valence-electron chi connectivity index (χ4n) is 3.96. The summed E-state index contributed by atoms with van der Waals surface area (Å²) in [4.78, 5) is 21.5. The second kappa shape index (κ2) is 12.0. The number of hydrogen-bond donors (Lipinski definition) is 1. The van der Waals surface area contributed by atoms with Crippen molar-refractivity contribution >= 4 is 50.1 Å². The quantitative estimate of drug-likeness (QED) is 0.312. The predicted molar refractivity (Wildman–Crippen MR) is 141 cm³/mol. The number of sulfone groups is 1. The number of piperazine rings is 1. The summed E-state index contributed by atoms with van der Waals surface area (Å²) in [6.45, 7) is 5.99. The predicted octanol–water partition coefficient (Wildman–Crippen LogP) is 3.43. The van der Waals surface area contributed by atoms with Crippen LogP contribution in [0.25, 0.3) is 10.9 Å². The third-order valence-electron chi connectivity index (χ3n) is 6.06. The van der Waals surface area contributed by atoms with Crippen molar-refractivity contribution in [2.24, 2.45) is 4.99 Å². The van der Waals surface area contributed by atoms with Gasteiger partial charge in [-0.3, -0.25) is 9.98 Å². The van der Waals surface area contributed by atoms with Crippen molar-refractivity contribution in [3.63, 3.8) is 0 Å². The summed E-state index contributed by atoms with van der Waals surface area (Å²) in [5.74, 6) is -0.562. The molecule has 0 saturated carbocycles. The summed E-state index contributed by atoms with van der Waals surface area (Å²) in [5.41, 5.74) is 0.822. The van der Waals surface area contributed by atoms with E-state index in [1.54, 1.807) is 0 Å². The van der Waals surface area contributed by atoms with E-state index in [-0.39, 0.29) is 21.5 Å². The smallest absolute Gasteiger partial charge is 0.185 e. The maximum atomic E-state index is 13.5. The molecule has 0 aliphatic carbocycles. The molecule has 0 radical (unpaired) electrons. The molecule has 2 aromatic heterocycles. The lowest BCUT2D eigenvalue weighted by Gasteiger charge is -2.32.